The molecule has 0 saturated heterocycles. The van der Waals surface area contributed by atoms with Crippen LogP contribution in [0, 0.1) is 0 Å². The molecule has 5 rings (SSSR count). The fourth-order valence-corrected chi connectivity index (χ4v) is 3.15. The van der Waals surface area contributed by atoms with Gasteiger partial charge in [-0.25, -0.2) is 4.98 Å². The minimum Gasteiger partial charge on any atom is -0.355 e. The summed E-state index contributed by atoms with van der Waals surface area (Å²) in [6.45, 7) is 0. The van der Waals surface area contributed by atoms with E-state index in [-0.39, 0.29) is 11.6 Å². The maximum Gasteiger partial charge on any atom is 0.277 e. The van der Waals surface area contributed by atoms with E-state index in [1.807, 2.05) is 89.6 Å². The van der Waals surface area contributed by atoms with E-state index < -0.39 is 0 Å². The minimum absolute atomic E-state index is 0.224. The van der Waals surface area contributed by atoms with Gasteiger partial charge in [0.25, 0.3) is 5.91 Å². The van der Waals surface area contributed by atoms with Crippen molar-refractivity contribution in [2.24, 2.45) is 0 Å². The molecule has 6 nitrogen and oxygen atoms in total. The zero-order chi connectivity index (χ0) is 19.6. The highest BCUT2D eigenvalue weighted by molar-refractivity contribution is 6.03. The number of carbonyl (C=O) groups is 1. The minimum atomic E-state index is -0.330. The van der Waals surface area contributed by atoms with Gasteiger partial charge in [-0.05, 0) is 24.3 Å². The van der Waals surface area contributed by atoms with Crippen LogP contribution in [0.2, 0.25) is 0 Å². The Morgan fingerprint density at radius 1 is 0.897 bits per heavy atom. The first-order valence-electron chi connectivity index (χ1n) is 9.14. The molecule has 2 aromatic carbocycles. The second-order valence-electron chi connectivity index (χ2n) is 6.57. The van der Waals surface area contributed by atoms with E-state index >= 15 is 0 Å². The molecule has 3 aromatic heterocycles. The molecule has 0 saturated carbocycles. The summed E-state index contributed by atoms with van der Waals surface area (Å²) in [7, 11) is 0. The summed E-state index contributed by atoms with van der Waals surface area (Å²) in [4.78, 5) is 17.2. The molecule has 0 radical (unpaired) electrons. The maximum absolute atomic E-state index is 12.6. The maximum atomic E-state index is 12.6. The molecule has 0 spiro atoms. The molecule has 0 aliphatic heterocycles. The number of nitrogens with one attached hydrogen (secondary N) is 1. The van der Waals surface area contributed by atoms with Crippen LogP contribution in [0.25, 0.3) is 28.2 Å². The third kappa shape index (κ3) is 3.39. The number of rotatable bonds is 4. The third-order valence-electron chi connectivity index (χ3n) is 4.58. The number of anilines is 1. The van der Waals surface area contributed by atoms with Crippen LogP contribution < -0.4 is 5.32 Å². The number of imidazole rings is 1. The van der Waals surface area contributed by atoms with Gasteiger partial charge in [0.15, 0.2) is 11.5 Å². The fourth-order valence-electron chi connectivity index (χ4n) is 3.15. The number of benzene rings is 2. The second kappa shape index (κ2) is 7.09. The van der Waals surface area contributed by atoms with Gasteiger partial charge in [0.2, 0.25) is 0 Å². The average molecular weight is 380 g/mol. The summed E-state index contributed by atoms with van der Waals surface area (Å²) in [5.41, 5.74) is 4.37. The quantitative estimate of drug-likeness (QED) is 0.481. The van der Waals surface area contributed by atoms with E-state index in [4.69, 9.17) is 4.52 Å². The summed E-state index contributed by atoms with van der Waals surface area (Å²) in [5, 5.41) is 6.77. The molecule has 0 unspecified atom stereocenters. The highest BCUT2D eigenvalue weighted by Crippen LogP contribution is 2.24. The van der Waals surface area contributed by atoms with Crippen molar-refractivity contribution in [3.8, 4) is 22.6 Å². The van der Waals surface area contributed by atoms with E-state index in [1.54, 1.807) is 6.07 Å². The van der Waals surface area contributed by atoms with Crippen LogP contribution in [-0.2, 0) is 0 Å². The number of fused-ring (bicyclic) bond motifs is 1. The highest BCUT2D eigenvalue weighted by Gasteiger charge is 2.14. The topological polar surface area (TPSA) is 72.4 Å². The zero-order valence-electron chi connectivity index (χ0n) is 15.3. The molecule has 29 heavy (non-hydrogen) atoms. The predicted octanol–water partition coefficient (Wildman–Crippen LogP) is 4.91. The molecular formula is C23H16N4O2. The van der Waals surface area contributed by atoms with Crippen molar-refractivity contribution < 1.29 is 9.32 Å². The Bertz CT molecular complexity index is 1270. The Balaban J connectivity index is 1.38. The van der Waals surface area contributed by atoms with Crippen LogP contribution in [0.15, 0.2) is 95.8 Å². The van der Waals surface area contributed by atoms with Gasteiger partial charge in [0, 0.05) is 35.3 Å². The van der Waals surface area contributed by atoms with E-state index in [0.717, 1.165) is 22.5 Å². The van der Waals surface area contributed by atoms with Gasteiger partial charge in [-0.2, -0.15) is 0 Å². The lowest BCUT2D eigenvalue weighted by atomic mass is 10.1. The Kier molecular flexibility index (Phi) is 4.14. The van der Waals surface area contributed by atoms with Crippen molar-refractivity contribution >= 4 is 17.2 Å². The molecule has 0 aliphatic carbocycles. The van der Waals surface area contributed by atoms with Crippen LogP contribution in [0.4, 0.5) is 5.69 Å². The number of hydrogen-bond donors (Lipinski definition) is 1. The molecule has 0 fully saturated rings. The van der Waals surface area contributed by atoms with Crippen LogP contribution >= 0.6 is 0 Å². The molecule has 1 amide bonds. The lowest BCUT2D eigenvalue weighted by molar-refractivity contribution is 0.101. The molecular weight excluding hydrogens is 364 g/mol. The van der Waals surface area contributed by atoms with Crippen molar-refractivity contribution in [3.05, 3.63) is 97.0 Å². The Morgan fingerprint density at radius 3 is 2.59 bits per heavy atom. The summed E-state index contributed by atoms with van der Waals surface area (Å²) >= 11 is 0. The summed E-state index contributed by atoms with van der Waals surface area (Å²) in [5.74, 6) is 0.220. The van der Waals surface area contributed by atoms with Crippen LogP contribution in [0.5, 0.6) is 0 Å². The van der Waals surface area contributed by atoms with E-state index in [0.29, 0.717) is 11.4 Å². The number of hydrogen-bond acceptors (Lipinski definition) is 4. The molecule has 0 aliphatic rings. The van der Waals surface area contributed by atoms with Crippen molar-refractivity contribution in [1.82, 2.24) is 14.5 Å². The molecule has 140 valence electrons. The van der Waals surface area contributed by atoms with Gasteiger partial charge in [0.05, 0.1) is 5.69 Å². The molecule has 6 heteroatoms. The van der Waals surface area contributed by atoms with Gasteiger partial charge in [-0.1, -0.05) is 53.7 Å². The molecule has 3 heterocycles. The van der Waals surface area contributed by atoms with E-state index in [2.05, 4.69) is 15.5 Å². The first-order valence-corrected chi connectivity index (χ1v) is 9.14. The van der Waals surface area contributed by atoms with Gasteiger partial charge >= 0.3 is 0 Å². The Morgan fingerprint density at radius 2 is 1.72 bits per heavy atom. The monoisotopic (exact) mass is 380 g/mol. The number of pyridine rings is 1. The Labute approximate surface area is 166 Å². The standard InChI is InChI=1S/C23H16N4O2/c28-23(19-14-21(29-26-19)16-7-2-1-3-8-16)24-18-10-6-9-17(13-18)20-15-27-12-5-4-11-22(27)25-20/h1-15H,(H,24,28). The predicted molar refractivity (Wildman–Crippen MR) is 111 cm³/mol. The SMILES string of the molecule is O=C(Nc1cccc(-c2cn3ccccc3n2)c1)c1cc(-c2ccccc2)on1. The van der Waals surface area contributed by atoms with Gasteiger partial charge in [-0.15, -0.1) is 0 Å². The number of carbonyl (C=O) groups excluding carboxylic acids is 1. The van der Waals surface area contributed by atoms with Crippen LogP contribution in [0.1, 0.15) is 10.5 Å². The van der Waals surface area contributed by atoms with Crippen molar-refractivity contribution in [3.63, 3.8) is 0 Å². The van der Waals surface area contributed by atoms with Crippen molar-refractivity contribution in [2.75, 3.05) is 5.32 Å². The van der Waals surface area contributed by atoms with Gasteiger partial charge < -0.3 is 14.2 Å². The largest absolute Gasteiger partial charge is 0.355 e. The lowest BCUT2D eigenvalue weighted by Crippen LogP contribution is -2.12. The summed E-state index contributed by atoms with van der Waals surface area (Å²) in [6.07, 6.45) is 3.91. The first-order chi connectivity index (χ1) is 14.3. The van der Waals surface area contributed by atoms with E-state index in [9.17, 15) is 4.79 Å². The van der Waals surface area contributed by atoms with E-state index in [1.165, 1.54) is 0 Å². The normalized spacial score (nSPS) is 10.9. The van der Waals surface area contributed by atoms with Crippen LogP contribution in [0.3, 0.4) is 0 Å². The molecule has 0 bridgehead atoms. The van der Waals surface area contributed by atoms with Crippen molar-refractivity contribution in [2.45, 2.75) is 0 Å². The number of nitrogens with zero attached hydrogens (tertiary/aromatic N) is 3. The number of aromatic nitrogens is 3. The summed E-state index contributed by atoms with van der Waals surface area (Å²) < 4.78 is 7.27. The molecule has 1 N–H and O–H groups in total. The van der Waals surface area contributed by atoms with Gasteiger partial charge in [0.1, 0.15) is 5.65 Å². The average Bonchev–Trinajstić information content (AvgIpc) is 3.42. The highest BCUT2D eigenvalue weighted by atomic mass is 16.5. The van der Waals surface area contributed by atoms with Crippen molar-refractivity contribution in [1.29, 1.82) is 0 Å². The molecule has 5 aromatic rings. The van der Waals surface area contributed by atoms with Gasteiger partial charge in [-0.3, -0.25) is 4.79 Å². The lowest BCUT2D eigenvalue weighted by Gasteiger charge is -2.04. The first kappa shape index (κ1) is 16.9. The zero-order valence-corrected chi connectivity index (χ0v) is 15.3. The molecule has 0 atom stereocenters. The third-order valence-corrected chi connectivity index (χ3v) is 4.58. The fraction of sp³-hybridized carbons (Fsp3) is 0. The summed E-state index contributed by atoms with van der Waals surface area (Å²) in [6, 6.07) is 24.6. The number of amides is 1. The Hall–Kier alpha value is -4.19. The second-order valence-corrected chi connectivity index (χ2v) is 6.57. The van der Waals surface area contributed by atoms with Crippen LogP contribution in [-0.4, -0.2) is 20.4 Å². The smallest absolute Gasteiger partial charge is 0.277 e.